The first-order valence-corrected chi connectivity index (χ1v) is 6.55. The van der Waals surface area contributed by atoms with Crippen LogP contribution in [0.1, 0.15) is 28.7 Å². The molecule has 0 fully saturated rings. The van der Waals surface area contributed by atoms with Gasteiger partial charge in [0.1, 0.15) is 0 Å². The summed E-state index contributed by atoms with van der Waals surface area (Å²) in [6.07, 6.45) is 4.55. The zero-order valence-corrected chi connectivity index (χ0v) is 11.9. The normalized spacial score (nSPS) is 10.6. The van der Waals surface area contributed by atoms with Gasteiger partial charge in [0.25, 0.3) is 0 Å². The molecular formula is C13H14BrN3O. The molecule has 2 aromatic rings. The lowest BCUT2D eigenvalue weighted by molar-refractivity contribution is 0.0991. The summed E-state index contributed by atoms with van der Waals surface area (Å²) in [7, 11) is 1.83. The summed E-state index contributed by atoms with van der Waals surface area (Å²) >= 11 is 3.32. The highest BCUT2D eigenvalue weighted by molar-refractivity contribution is 9.10. The number of aryl methyl sites for hydroxylation is 2. The molecule has 0 saturated carbocycles. The number of nitrogens with zero attached hydrogens (tertiary/aromatic N) is 3. The Bertz CT molecular complexity index is 560. The third-order valence-corrected chi connectivity index (χ3v) is 3.14. The molecule has 5 heteroatoms. The lowest BCUT2D eigenvalue weighted by Crippen LogP contribution is -2.06. The summed E-state index contributed by atoms with van der Waals surface area (Å²) in [6.45, 7) is 2.00. The maximum atomic E-state index is 12.2. The van der Waals surface area contributed by atoms with Gasteiger partial charge in [-0.3, -0.25) is 14.5 Å². The molecule has 0 aromatic carbocycles. The minimum absolute atomic E-state index is 0.0646. The number of ketones is 1. The smallest absolute Gasteiger partial charge is 0.172 e. The summed E-state index contributed by atoms with van der Waals surface area (Å²) < 4.78 is 2.59. The van der Waals surface area contributed by atoms with Crippen molar-refractivity contribution in [2.24, 2.45) is 7.05 Å². The van der Waals surface area contributed by atoms with Crippen LogP contribution in [0.4, 0.5) is 0 Å². The van der Waals surface area contributed by atoms with Crippen molar-refractivity contribution in [2.75, 3.05) is 0 Å². The highest BCUT2D eigenvalue weighted by Gasteiger charge is 2.15. The Labute approximate surface area is 114 Å². The van der Waals surface area contributed by atoms with Gasteiger partial charge in [0.15, 0.2) is 5.78 Å². The maximum Gasteiger partial charge on any atom is 0.172 e. The summed E-state index contributed by atoms with van der Waals surface area (Å²) in [4.78, 5) is 16.4. The molecule has 0 aliphatic carbocycles. The zero-order valence-electron chi connectivity index (χ0n) is 10.4. The Kier molecular flexibility index (Phi) is 3.91. The molecule has 94 valence electrons. The van der Waals surface area contributed by atoms with Crippen LogP contribution in [0.3, 0.4) is 0 Å². The largest absolute Gasteiger partial charge is 0.294 e. The van der Waals surface area contributed by atoms with Crippen molar-refractivity contribution in [1.29, 1.82) is 0 Å². The fourth-order valence-corrected chi connectivity index (χ4v) is 2.03. The summed E-state index contributed by atoms with van der Waals surface area (Å²) in [5, 5.41) is 4.27. The number of halogens is 1. The standard InChI is InChI=1S/C13H14BrN3O/c1-3-12-11(8-17(2)16-12)13(18)6-10-5-4-9(14)7-15-10/h4-5,7-8H,3,6H2,1-2H3. The van der Waals surface area contributed by atoms with E-state index in [4.69, 9.17) is 0 Å². The lowest BCUT2D eigenvalue weighted by atomic mass is 10.1. The van der Waals surface area contributed by atoms with E-state index in [0.29, 0.717) is 12.0 Å². The molecule has 0 radical (unpaired) electrons. The molecular weight excluding hydrogens is 294 g/mol. The van der Waals surface area contributed by atoms with Crippen LogP contribution in [0, 0.1) is 0 Å². The predicted octanol–water partition coefficient (Wildman–Crippen LogP) is 2.57. The first kappa shape index (κ1) is 13.0. The summed E-state index contributed by atoms with van der Waals surface area (Å²) in [5.74, 6) is 0.0646. The molecule has 2 heterocycles. The molecule has 0 atom stereocenters. The molecule has 0 aliphatic heterocycles. The first-order valence-electron chi connectivity index (χ1n) is 5.76. The van der Waals surface area contributed by atoms with Crippen molar-refractivity contribution in [2.45, 2.75) is 19.8 Å². The molecule has 2 rings (SSSR count). The Hall–Kier alpha value is -1.49. The van der Waals surface area contributed by atoms with E-state index in [0.717, 1.165) is 22.3 Å². The Morgan fingerprint density at radius 2 is 2.22 bits per heavy atom. The number of pyridine rings is 1. The van der Waals surface area contributed by atoms with Crippen LogP contribution in [0.15, 0.2) is 29.0 Å². The third kappa shape index (κ3) is 2.85. The molecule has 0 N–H and O–H groups in total. The molecule has 4 nitrogen and oxygen atoms in total. The average Bonchev–Trinajstić information content (AvgIpc) is 2.73. The summed E-state index contributed by atoms with van der Waals surface area (Å²) in [6, 6.07) is 3.74. The molecule has 0 aliphatic rings. The van der Waals surface area contributed by atoms with Crippen LogP contribution in [-0.2, 0) is 19.9 Å². The predicted molar refractivity (Wildman–Crippen MR) is 72.6 cm³/mol. The molecule has 2 aromatic heterocycles. The van der Waals surface area contributed by atoms with Gasteiger partial charge >= 0.3 is 0 Å². The van der Waals surface area contributed by atoms with Crippen LogP contribution in [-0.4, -0.2) is 20.5 Å². The van der Waals surface area contributed by atoms with Crippen molar-refractivity contribution in [3.05, 3.63) is 46.0 Å². The fourth-order valence-electron chi connectivity index (χ4n) is 1.80. The Morgan fingerprint density at radius 3 is 2.83 bits per heavy atom. The molecule has 0 unspecified atom stereocenters. The van der Waals surface area contributed by atoms with Gasteiger partial charge in [-0.05, 0) is 34.5 Å². The van der Waals surface area contributed by atoms with Gasteiger partial charge in [0.2, 0.25) is 0 Å². The molecule has 0 spiro atoms. The lowest BCUT2D eigenvalue weighted by Gasteiger charge is -2.00. The minimum atomic E-state index is 0.0646. The second kappa shape index (κ2) is 5.44. The van der Waals surface area contributed by atoms with Gasteiger partial charge in [-0.15, -0.1) is 0 Å². The van der Waals surface area contributed by atoms with Gasteiger partial charge in [0.05, 0.1) is 17.7 Å². The monoisotopic (exact) mass is 307 g/mol. The molecule has 0 saturated heterocycles. The number of hydrogen-bond acceptors (Lipinski definition) is 3. The van der Waals surface area contributed by atoms with Crippen molar-refractivity contribution < 1.29 is 4.79 Å². The molecule has 18 heavy (non-hydrogen) atoms. The van der Waals surface area contributed by atoms with Crippen LogP contribution in [0.5, 0.6) is 0 Å². The maximum absolute atomic E-state index is 12.2. The van der Waals surface area contributed by atoms with Crippen LogP contribution < -0.4 is 0 Å². The van der Waals surface area contributed by atoms with Gasteiger partial charge in [0, 0.05) is 29.6 Å². The zero-order chi connectivity index (χ0) is 13.1. The number of carbonyl (C=O) groups is 1. The minimum Gasteiger partial charge on any atom is -0.294 e. The number of rotatable bonds is 4. The number of Topliss-reactive ketones (excluding diaryl/α,β-unsaturated/α-hetero) is 1. The highest BCUT2D eigenvalue weighted by Crippen LogP contribution is 2.13. The first-order chi connectivity index (χ1) is 8.60. The quantitative estimate of drug-likeness (QED) is 0.816. The van der Waals surface area contributed by atoms with Gasteiger partial charge < -0.3 is 0 Å². The van der Waals surface area contributed by atoms with E-state index in [9.17, 15) is 4.79 Å². The number of hydrogen-bond donors (Lipinski definition) is 0. The van der Waals surface area contributed by atoms with Crippen molar-refractivity contribution in [3.8, 4) is 0 Å². The van der Waals surface area contributed by atoms with Gasteiger partial charge in [-0.1, -0.05) is 6.92 Å². The Balaban J connectivity index is 2.19. The van der Waals surface area contributed by atoms with Crippen LogP contribution >= 0.6 is 15.9 Å². The second-order valence-corrected chi connectivity index (χ2v) is 5.00. The topological polar surface area (TPSA) is 47.8 Å². The van der Waals surface area contributed by atoms with Crippen molar-refractivity contribution in [3.63, 3.8) is 0 Å². The van der Waals surface area contributed by atoms with E-state index in [2.05, 4.69) is 26.0 Å². The van der Waals surface area contributed by atoms with Gasteiger partial charge in [-0.2, -0.15) is 5.10 Å². The van der Waals surface area contributed by atoms with Crippen molar-refractivity contribution in [1.82, 2.24) is 14.8 Å². The van der Waals surface area contributed by atoms with E-state index in [1.807, 2.05) is 26.1 Å². The number of aromatic nitrogens is 3. The van der Waals surface area contributed by atoms with Crippen molar-refractivity contribution >= 4 is 21.7 Å². The van der Waals surface area contributed by atoms with E-state index in [-0.39, 0.29) is 5.78 Å². The number of carbonyl (C=O) groups excluding carboxylic acids is 1. The molecule has 0 amide bonds. The Morgan fingerprint density at radius 1 is 1.44 bits per heavy atom. The van der Waals surface area contributed by atoms with E-state index in [1.165, 1.54) is 0 Å². The SMILES string of the molecule is CCc1nn(C)cc1C(=O)Cc1ccc(Br)cn1. The van der Waals surface area contributed by atoms with E-state index < -0.39 is 0 Å². The second-order valence-electron chi connectivity index (χ2n) is 4.08. The van der Waals surface area contributed by atoms with Crippen LogP contribution in [0.2, 0.25) is 0 Å². The van der Waals surface area contributed by atoms with Gasteiger partial charge in [-0.25, -0.2) is 0 Å². The van der Waals surface area contributed by atoms with Crippen LogP contribution in [0.25, 0.3) is 0 Å². The summed E-state index contributed by atoms with van der Waals surface area (Å²) in [5.41, 5.74) is 2.32. The average molecular weight is 308 g/mol. The van der Waals surface area contributed by atoms with E-state index in [1.54, 1.807) is 17.1 Å². The highest BCUT2D eigenvalue weighted by atomic mass is 79.9. The fraction of sp³-hybridized carbons (Fsp3) is 0.308. The molecule has 0 bridgehead atoms. The third-order valence-electron chi connectivity index (χ3n) is 2.67. The van der Waals surface area contributed by atoms with E-state index >= 15 is 0 Å².